The summed E-state index contributed by atoms with van der Waals surface area (Å²) in [6.07, 6.45) is 0.993. The largest absolute Gasteiger partial charge is 0.453 e. The van der Waals surface area contributed by atoms with E-state index in [0.29, 0.717) is 29.1 Å². The molecule has 4 heterocycles. The van der Waals surface area contributed by atoms with E-state index in [2.05, 4.69) is 10.1 Å². The number of methoxy groups -OCH3 is 1. The standard InChI is InChI=1S/C26H23ClFN5O6S/c1-38-25(35)32-10-15-8-26(9-15,13-32)24-30-22(31-39-24)17-6-20-21(7-18(17)28)40(36,37)12-19(29)23(34)33(20)11-14-2-4-16(27)5-3-14/h2-7,12,15H,8-11,13,29H2,1H3. The van der Waals surface area contributed by atoms with Crippen LogP contribution in [0.15, 0.2) is 56.9 Å². The highest BCUT2D eigenvalue weighted by molar-refractivity contribution is 7.94. The average Bonchev–Trinajstić information content (AvgIpc) is 3.39. The molecule has 2 amide bonds. The van der Waals surface area contributed by atoms with Crippen LogP contribution in [0.25, 0.3) is 11.4 Å². The van der Waals surface area contributed by atoms with Crippen LogP contribution in [0, 0.1) is 11.7 Å². The molecule has 11 nitrogen and oxygen atoms in total. The summed E-state index contributed by atoms with van der Waals surface area (Å²) in [5.74, 6) is -1.32. The lowest BCUT2D eigenvalue weighted by Crippen LogP contribution is -2.60. The minimum Gasteiger partial charge on any atom is -0.453 e. The Morgan fingerprint density at radius 1 is 1.27 bits per heavy atom. The van der Waals surface area contributed by atoms with Crippen LogP contribution < -0.4 is 10.6 Å². The SMILES string of the molecule is COC(=O)N1CC2CC(c3nc(-c4cc5c(cc4F)S(=O)(=O)C=C(N)C(=O)N5Cc4ccc(Cl)cc4)no3)(C2)C1. The van der Waals surface area contributed by atoms with E-state index < -0.39 is 43.7 Å². The second-order valence-electron chi connectivity index (χ2n) is 10.3. The number of amides is 2. The molecule has 14 heteroatoms. The number of halogens is 2. The van der Waals surface area contributed by atoms with Crippen molar-refractivity contribution < 1.29 is 31.7 Å². The number of hydrogen-bond donors (Lipinski definition) is 1. The van der Waals surface area contributed by atoms with Crippen LogP contribution in [0.4, 0.5) is 14.9 Å². The van der Waals surface area contributed by atoms with Crippen molar-refractivity contribution in [3.05, 3.63) is 69.8 Å². The molecule has 2 saturated heterocycles. The van der Waals surface area contributed by atoms with Gasteiger partial charge < -0.3 is 24.8 Å². The number of piperidine rings is 2. The van der Waals surface area contributed by atoms with E-state index in [4.69, 9.17) is 26.6 Å². The van der Waals surface area contributed by atoms with Gasteiger partial charge in [-0.2, -0.15) is 4.98 Å². The molecule has 1 saturated carbocycles. The first-order chi connectivity index (χ1) is 19.0. The zero-order chi connectivity index (χ0) is 28.4. The topological polar surface area (TPSA) is 149 Å². The molecule has 2 bridgehead atoms. The van der Waals surface area contributed by atoms with E-state index in [1.165, 1.54) is 13.2 Å². The Labute approximate surface area is 233 Å². The fraction of sp³-hybridized carbons (Fsp3) is 0.308. The number of sulfone groups is 1. The smallest absolute Gasteiger partial charge is 0.409 e. The summed E-state index contributed by atoms with van der Waals surface area (Å²) in [5.41, 5.74) is 5.13. The second kappa shape index (κ2) is 9.30. The van der Waals surface area contributed by atoms with Gasteiger partial charge >= 0.3 is 6.09 Å². The summed E-state index contributed by atoms with van der Waals surface area (Å²) >= 11 is 5.98. The molecule has 2 aromatic carbocycles. The molecule has 4 aliphatic rings. The molecule has 1 aromatic heterocycles. The lowest BCUT2D eigenvalue weighted by Gasteiger charge is -2.53. The molecule has 3 aromatic rings. The van der Waals surface area contributed by atoms with Crippen molar-refractivity contribution in [1.29, 1.82) is 0 Å². The average molecular weight is 588 g/mol. The van der Waals surface area contributed by atoms with Gasteiger partial charge in [0, 0.05) is 18.1 Å². The summed E-state index contributed by atoms with van der Waals surface area (Å²) in [5, 5.41) is 5.09. The third kappa shape index (κ3) is 4.29. The zero-order valence-corrected chi connectivity index (χ0v) is 22.7. The van der Waals surface area contributed by atoms with E-state index >= 15 is 4.39 Å². The first-order valence-corrected chi connectivity index (χ1v) is 14.2. The van der Waals surface area contributed by atoms with Gasteiger partial charge in [-0.25, -0.2) is 17.6 Å². The van der Waals surface area contributed by atoms with Crippen molar-refractivity contribution in [2.75, 3.05) is 25.1 Å². The third-order valence-corrected chi connectivity index (χ3v) is 9.31. The number of carbonyl (C=O) groups is 2. The third-order valence-electron chi connectivity index (χ3n) is 7.56. The van der Waals surface area contributed by atoms with Crippen LogP contribution in [0.5, 0.6) is 0 Å². The predicted molar refractivity (Wildman–Crippen MR) is 140 cm³/mol. The van der Waals surface area contributed by atoms with Crippen LogP contribution in [0.2, 0.25) is 5.02 Å². The highest BCUT2D eigenvalue weighted by atomic mass is 35.5. The first kappa shape index (κ1) is 26.3. The Morgan fingerprint density at radius 2 is 2.00 bits per heavy atom. The number of aromatic nitrogens is 2. The molecule has 7 rings (SSSR count). The molecular formula is C26H23ClFN5O6S. The van der Waals surface area contributed by atoms with Crippen molar-refractivity contribution in [2.45, 2.75) is 29.7 Å². The van der Waals surface area contributed by atoms with Gasteiger partial charge in [0.2, 0.25) is 21.6 Å². The van der Waals surface area contributed by atoms with Crippen molar-refractivity contribution in [1.82, 2.24) is 15.0 Å². The van der Waals surface area contributed by atoms with E-state index in [1.54, 1.807) is 29.2 Å². The maximum Gasteiger partial charge on any atom is 0.409 e. The van der Waals surface area contributed by atoms with Crippen LogP contribution in [-0.2, 0) is 31.3 Å². The molecule has 208 valence electrons. The quantitative estimate of drug-likeness (QED) is 0.485. The monoisotopic (exact) mass is 587 g/mol. The van der Waals surface area contributed by atoms with E-state index in [0.717, 1.165) is 23.8 Å². The molecule has 2 N–H and O–H groups in total. The Hall–Kier alpha value is -3.97. The van der Waals surface area contributed by atoms with E-state index in [-0.39, 0.29) is 35.4 Å². The molecule has 1 aliphatic carbocycles. The van der Waals surface area contributed by atoms with Gasteiger partial charge in [-0.3, -0.25) is 4.79 Å². The van der Waals surface area contributed by atoms with Gasteiger partial charge in [0.1, 0.15) is 11.5 Å². The summed E-state index contributed by atoms with van der Waals surface area (Å²) in [6.45, 7) is 0.818. The molecular weight excluding hydrogens is 565 g/mol. The number of nitrogens with zero attached hydrogens (tertiary/aromatic N) is 4. The number of carbonyl (C=O) groups excluding carboxylic acids is 2. The van der Waals surface area contributed by atoms with E-state index in [1.807, 2.05) is 0 Å². The first-order valence-electron chi connectivity index (χ1n) is 12.3. The number of nitrogens with two attached hydrogens (primary N) is 1. The number of benzene rings is 2. The van der Waals surface area contributed by atoms with Crippen LogP contribution in [0.3, 0.4) is 0 Å². The maximum absolute atomic E-state index is 15.5. The molecule has 3 aliphatic heterocycles. The summed E-state index contributed by atoms with van der Waals surface area (Å²) in [4.78, 5) is 32.1. The number of ether oxygens (including phenoxy) is 1. The molecule has 0 unspecified atom stereocenters. The van der Waals surface area contributed by atoms with Gasteiger partial charge in [-0.15, -0.1) is 0 Å². The number of hydrogen-bond acceptors (Lipinski definition) is 9. The van der Waals surface area contributed by atoms with Gasteiger partial charge in [0.05, 0.1) is 40.6 Å². The van der Waals surface area contributed by atoms with Gasteiger partial charge in [0.15, 0.2) is 0 Å². The minimum atomic E-state index is -4.27. The van der Waals surface area contributed by atoms with Gasteiger partial charge in [-0.1, -0.05) is 28.9 Å². The maximum atomic E-state index is 15.5. The second-order valence-corrected chi connectivity index (χ2v) is 12.5. The Morgan fingerprint density at radius 3 is 2.70 bits per heavy atom. The lowest BCUT2D eigenvalue weighted by atomic mass is 9.58. The zero-order valence-electron chi connectivity index (χ0n) is 21.1. The van der Waals surface area contributed by atoms with Crippen molar-refractivity contribution in [2.24, 2.45) is 11.7 Å². The summed E-state index contributed by atoms with van der Waals surface area (Å²) < 4.78 is 52.0. The number of fused-ring (bicyclic) bond motifs is 3. The normalized spacial score (nSPS) is 23.1. The minimum absolute atomic E-state index is 0.0660. The fourth-order valence-corrected chi connectivity index (χ4v) is 7.15. The Kier molecular flexibility index (Phi) is 6.11. The summed E-state index contributed by atoms with van der Waals surface area (Å²) in [6, 6.07) is 8.65. The molecule has 40 heavy (non-hydrogen) atoms. The Bertz CT molecular complexity index is 1680. The number of anilines is 1. The molecule has 0 radical (unpaired) electrons. The van der Waals surface area contributed by atoms with Crippen LogP contribution in [-0.4, -0.2) is 55.7 Å². The Balaban J connectivity index is 1.41. The van der Waals surface area contributed by atoms with Gasteiger partial charge in [0.25, 0.3) is 5.91 Å². The van der Waals surface area contributed by atoms with Gasteiger partial charge in [-0.05, 0) is 48.6 Å². The van der Waals surface area contributed by atoms with E-state index in [9.17, 15) is 18.0 Å². The molecule has 0 spiro atoms. The summed E-state index contributed by atoms with van der Waals surface area (Å²) in [7, 11) is -2.96. The van der Waals surface area contributed by atoms with Crippen molar-refractivity contribution in [3.8, 4) is 11.4 Å². The highest BCUT2D eigenvalue weighted by Gasteiger charge is 2.56. The highest BCUT2D eigenvalue weighted by Crippen LogP contribution is 2.52. The molecule has 0 atom stereocenters. The van der Waals surface area contributed by atoms with Crippen LogP contribution in [0.1, 0.15) is 24.3 Å². The van der Waals surface area contributed by atoms with Crippen molar-refractivity contribution in [3.63, 3.8) is 0 Å². The predicted octanol–water partition coefficient (Wildman–Crippen LogP) is 3.38. The fourth-order valence-electron chi connectivity index (χ4n) is 5.73. The lowest BCUT2D eigenvalue weighted by molar-refractivity contribution is -0.115. The van der Waals surface area contributed by atoms with Crippen LogP contribution >= 0.6 is 11.6 Å². The molecule has 3 fully saturated rings. The number of rotatable bonds is 4. The van der Waals surface area contributed by atoms with Crippen molar-refractivity contribution >= 4 is 39.1 Å².